The molecule has 7 heteroatoms. The van der Waals surface area contributed by atoms with Gasteiger partial charge in [-0.3, -0.25) is 4.79 Å². The molecule has 0 saturated heterocycles. The number of benzene rings is 2. The maximum atomic E-state index is 13.0. The first-order valence-corrected chi connectivity index (χ1v) is 7.56. The molecule has 2 aromatic carbocycles. The van der Waals surface area contributed by atoms with E-state index in [4.69, 9.17) is 5.14 Å². The number of sulfonamides is 1. The van der Waals surface area contributed by atoms with Crippen molar-refractivity contribution in [1.29, 1.82) is 0 Å². The minimum Gasteiger partial charge on any atom is -0.326 e. The molecule has 0 radical (unpaired) electrons. The molecule has 5 nitrogen and oxygen atoms in total. The normalized spacial score (nSPS) is 11.1. The molecule has 0 fully saturated rings. The molecule has 2 rings (SSSR count). The molecule has 0 spiro atoms. The number of nitrogens with one attached hydrogen (secondary N) is 1. The zero-order valence-electron chi connectivity index (χ0n) is 10.9. The summed E-state index contributed by atoms with van der Waals surface area (Å²) in [6, 6.07) is 11.3. The number of hydrogen-bond acceptors (Lipinski definition) is 3. The average molecular weight is 308 g/mol. The Balaban J connectivity index is 2.10. The van der Waals surface area contributed by atoms with Gasteiger partial charge in [0.2, 0.25) is 15.9 Å². The topological polar surface area (TPSA) is 89.3 Å². The number of anilines is 1. The first-order valence-electron chi connectivity index (χ1n) is 6.02. The summed E-state index contributed by atoms with van der Waals surface area (Å²) in [5.74, 6) is -0.802. The highest BCUT2D eigenvalue weighted by Gasteiger charge is 2.10. The molecule has 0 aliphatic heterocycles. The summed E-state index contributed by atoms with van der Waals surface area (Å²) in [4.78, 5) is 11.7. The fourth-order valence-corrected chi connectivity index (χ4v) is 2.35. The van der Waals surface area contributed by atoms with E-state index in [0.29, 0.717) is 11.3 Å². The zero-order chi connectivity index (χ0) is 15.5. The molecule has 1 amide bonds. The Morgan fingerprint density at radius 1 is 1.14 bits per heavy atom. The number of primary sulfonamides is 1. The standard InChI is InChI=1S/C14H13FN2O3S/c15-11-4-1-3-10(7-11)8-14(18)17-12-5-2-6-13(9-12)21(16,19)20/h1-7,9H,8H2,(H,17,18)(H2,16,19,20). The largest absolute Gasteiger partial charge is 0.326 e. The van der Waals surface area contributed by atoms with Crippen LogP contribution in [-0.4, -0.2) is 14.3 Å². The van der Waals surface area contributed by atoms with Crippen LogP contribution in [-0.2, 0) is 21.2 Å². The minimum absolute atomic E-state index is 0.0165. The molecule has 0 aromatic heterocycles. The molecule has 0 bridgehead atoms. The third kappa shape index (κ3) is 4.37. The number of nitrogens with two attached hydrogens (primary N) is 1. The van der Waals surface area contributed by atoms with Crippen molar-refractivity contribution in [1.82, 2.24) is 0 Å². The molecule has 0 heterocycles. The van der Waals surface area contributed by atoms with Gasteiger partial charge in [0.1, 0.15) is 5.82 Å². The first-order chi connectivity index (χ1) is 9.84. The van der Waals surface area contributed by atoms with Crippen molar-refractivity contribution < 1.29 is 17.6 Å². The highest BCUT2D eigenvalue weighted by atomic mass is 32.2. The Morgan fingerprint density at radius 3 is 2.52 bits per heavy atom. The molecule has 21 heavy (non-hydrogen) atoms. The van der Waals surface area contributed by atoms with Crippen LogP contribution < -0.4 is 10.5 Å². The second kappa shape index (κ2) is 6.02. The number of halogens is 1. The van der Waals surface area contributed by atoms with Crippen LogP contribution in [0.15, 0.2) is 53.4 Å². The van der Waals surface area contributed by atoms with E-state index in [1.54, 1.807) is 6.07 Å². The van der Waals surface area contributed by atoms with E-state index in [2.05, 4.69) is 5.32 Å². The zero-order valence-corrected chi connectivity index (χ0v) is 11.7. The van der Waals surface area contributed by atoms with E-state index in [0.717, 1.165) is 0 Å². The SMILES string of the molecule is NS(=O)(=O)c1cccc(NC(=O)Cc2cccc(F)c2)c1. The molecule has 0 saturated carbocycles. The van der Waals surface area contributed by atoms with Crippen molar-refractivity contribution in [3.63, 3.8) is 0 Å². The monoisotopic (exact) mass is 308 g/mol. The van der Waals surface area contributed by atoms with Gasteiger partial charge < -0.3 is 5.32 Å². The maximum absolute atomic E-state index is 13.0. The lowest BCUT2D eigenvalue weighted by atomic mass is 10.1. The number of rotatable bonds is 4. The second-order valence-corrected chi connectivity index (χ2v) is 5.99. The summed E-state index contributed by atoms with van der Waals surface area (Å²) in [6.07, 6.45) is -0.0165. The van der Waals surface area contributed by atoms with Crippen molar-refractivity contribution in [3.05, 3.63) is 59.9 Å². The Hall–Kier alpha value is -2.25. The van der Waals surface area contributed by atoms with Gasteiger partial charge in [0.25, 0.3) is 0 Å². The van der Waals surface area contributed by atoms with Crippen LogP contribution in [0.1, 0.15) is 5.56 Å². The van der Waals surface area contributed by atoms with E-state index >= 15 is 0 Å². The fraction of sp³-hybridized carbons (Fsp3) is 0.0714. The van der Waals surface area contributed by atoms with Crippen LogP contribution in [0.25, 0.3) is 0 Å². The van der Waals surface area contributed by atoms with Gasteiger partial charge in [-0.05, 0) is 35.9 Å². The lowest BCUT2D eigenvalue weighted by Crippen LogP contribution is -2.16. The Labute approximate surface area is 121 Å². The summed E-state index contributed by atoms with van der Waals surface area (Å²) in [6.45, 7) is 0. The maximum Gasteiger partial charge on any atom is 0.238 e. The summed E-state index contributed by atoms with van der Waals surface area (Å²) in [5, 5.41) is 7.56. The van der Waals surface area contributed by atoms with Gasteiger partial charge in [0, 0.05) is 5.69 Å². The number of carbonyl (C=O) groups is 1. The van der Waals surface area contributed by atoms with Crippen LogP contribution >= 0.6 is 0 Å². The van der Waals surface area contributed by atoms with Crippen molar-refractivity contribution in [2.75, 3.05) is 5.32 Å². The summed E-state index contributed by atoms with van der Waals surface area (Å²) in [5.41, 5.74) is 0.832. The molecule has 2 aromatic rings. The van der Waals surface area contributed by atoms with Crippen LogP contribution in [0.4, 0.5) is 10.1 Å². The Morgan fingerprint density at radius 2 is 1.86 bits per heavy atom. The van der Waals surface area contributed by atoms with Gasteiger partial charge in [0.15, 0.2) is 0 Å². The first kappa shape index (κ1) is 15.1. The van der Waals surface area contributed by atoms with Crippen LogP contribution in [0, 0.1) is 5.82 Å². The van der Waals surface area contributed by atoms with Gasteiger partial charge in [-0.2, -0.15) is 0 Å². The third-order valence-corrected chi connectivity index (χ3v) is 3.61. The fourth-order valence-electron chi connectivity index (χ4n) is 1.79. The summed E-state index contributed by atoms with van der Waals surface area (Å²) < 4.78 is 35.5. The lowest BCUT2D eigenvalue weighted by molar-refractivity contribution is -0.115. The number of amides is 1. The molecule has 0 aliphatic rings. The second-order valence-electron chi connectivity index (χ2n) is 4.43. The summed E-state index contributed by atoms with van der Waals surface area (Å²) in [7, 11) is -3.83. The van der Waals surface area contributed by atoms with E-state index in [-0.39, 0.29) is 17.2 Å². The van der Waals surface area contributed by atoms with Gasteiger partial charge in [-0.1, -0.05) is 18.2 Å². The Kier molecular flexibility index (Phi) is 4.35. The van der Waals surface area contributed by atoms with Crippen molar-refractivity contribution in [2.24, 2.45) is 5.14 Å². The van der Waals surface area contributed by atoms with E-state index < -0.39 is 15.8 Å². The highest BCUT2D eigenvalue weighted by Crippen LogP contribution is 2.14. The van der Waals surface area contributed by atoms with Crippen molar-refractivity contribution in [3.8, 4) is 0 Å². The molecule has 0 unspecified atom stereocenters. The van der Waals surface area contributed by atoms with Crippen molar-refractivity contribution in [2.45, 2.75) is 11.3 Å². The predicted octanol–water partition coefficient (Wildman–Crippen LogP) is 1.65. The molecule has 0 aliphatic carbocycles. The smallest absolute Gasteiger partial charge is 0.238 e. The van der Waals surface area contributed by atoms with Crippen LogP contribution in [0.3, 0.4) is 0 Å². The van der Waals surface area contributed by atoms with Gasteiger partial charge in [-0.15, -0.1) is 0 Å². The van der Waals surface area contributed by atoms with Crippen LogP contribution in [0.5, 0.6) is 0 Å². The number of carbonyl (C=O) groups excluding carboxylic acids is 1. The highest BCUT2D eigenvalue weighted by molar-refractivity contribution is 7.89. The molecule has 0 atom stereocenters. The molecular weight excluding hydrogens is 295 g/mol. The van der Waals surface area contributed by atoms with E-state index in [1.807, 2.05) is 0 Å². The van der Waals surface area contributed by atoms with Gasteiger partial charge in [0.05, 0.1) is 11.3 Å². The predicted molar refractivity (Wildman–Crippen MR) is 76.5 cm³/mol. The van der Waals surface area contributed by atoms with E-state index in [1.165, 1.54) is 42.5 Å². The molecule has 110 valence electrons. The lowest BCUT2D eigenvalue weighted by Gasteiger charge is -2.07. The Bertz CT molecular complexity index is 775. The summed E-state index contributed by atoms with van der Waals surface area (Å²) >= 11 is 0. The van der Waals surface area contributed by atoms with E-state index in [9.17, 15) is 17.6 Å². The minimum atomic E-state index is -3.83. The van der Waals surface area contributed by atoms with Gasteiger partial charge >= 0.3 is 0 Å². The molecular formula is C14H13FN2O3S. The van der Waals surface area contributed by atoms with Crippen molar-refractivity contribution >= 4 is 21.6 Å². The van der Waals surface area contributed by atoms with Gasteiger partial charge in [-0.25, -0.2) is 17.9 Å². The van der Waals surface area contributed by atoms with Crippen LogP contribution in [0.2, 0.25) is 0 Å². The number of hydrogen-bond donors (Lipinski definition) is 2. The quantitative estimate of drug-likeness (QED) is 0.900. The molecule has 3 N–H and O–H groups in total. The average Bonchev–Trinajstić information content (AvgIpc) is 2.37. The third-order valence-electron chi connectivity index (χ3n) is 2.70.